The molecule has 2 amide bonds. The predicted octanol–water partition coefficient (Wildman–Crippen LogP) is 1.68. The van der Waals surface area contributed by atoms with Crippen molar-refractivity contribution in [2.75, 3.05) is 11.9 Å². The third-order valence-electron chi connectivity index (χ3n) is 2.87. The van der Waals surface area contributed by atoms with Crippen LogP contribution in [0.15, 0.2) is 41.3 Å². The van der Waals surface area contributed by atoms with Gasteiger partial charge in [-0.15, -0.1) is 0 Å². The first-order valence-electron chi connectivity index (χ1n) is 6.70. The maximum atomic E-state index is 11.8. The second kappa shape index (κ2) is 6.69. The van der Waals surface area contributed by atoms with Gasteiger partial charge in [-0.1, -0.05) is 6.07 Å². The van der Waals surface area contributed by atoms with Gasteiger partial charge in [-0.3, -0.25) is 4.79 Å². The van der Waals surface area contributed by atoms with Crippen LogP contribution in [0.5, 0.6) is 0 Å². The van der Waals surface area contributed by atoms with Crippen LogP contribution in [0.1, 0.15) is 11.1 Å². The lowest BCUT2D eigenvalue weighted by atomic mass is 10.1. The quantitative estimate of drug-likeness (QED) is 0.898. The molecular weight excluding hydrogens is 268 g/mol. The van der Waals surface area contributed by atoms with Crippen molar-refractivity contribution in [2.24, 2.45) is 0 Å². The van der Waals surface area contributed by atoms with Gasteiger partial charge in [-0.05, 0) is 43.2 Å². The molecule has 0 bridgehead atoms. The monoisotopic (exact) mass is 286 g/mol. The molecule has 0 aliphatic carbocycles. The van der Waals surface area contributed by atoms with Crippen LogP contribution < -0.4 is 16.2 Å². The van der Waals surface area contributed by atoms with Crippen molar-refractivity contribution in [1.82, 2.24) is 15.1 Å². The minimum absolute atomic E-state index is 0.186. The Kier molecular flexibility index (Phi) is 4.71. The first kappa shape index (κ1) is 14.8. The molecule has 2 rings (SSSR count). The molecule has 0 fully saturated rings. The number of aryl methyl sites for hydroxylation is 2. The highest BCUT2D eigenvalue weighted by Crippen LogP contribution is 2.13. The number of carbonyl (C=O) groups is 1. The molecule has 1 heterocycles. The molecule has 0 saturated carbocycles. The lowest BCUT2D eigenvalue weighted by molar-refractivity contribution is 0.251. The van der Waals surface area contributed by atoms with E-state index < -0.39 is 0 Å². The van der Waals surface area contributed by atoms with Crippen LogP contribution in [0.3, 0.4) is 0 Å². The molecule has 0 aliphatic heterocycles. The van der Waals surface area contributed by atoms with E-state index in [9.17, 15) is 9.59 Å². The summed E-state index contributed by atoms with van der Waals surface area (Å²) in [5.41, 5.74) is 2.74. The van der Waals surface area contributed by atoms with Gasteiger partial charge in [0, 0.05) is 24.5 Å². The summed E-state index contributed by atoms with van der Waals surface area (Å²) < 4.78 is 1.30. The molecule has 2 N–H and O–H groups in total. The van der Waals surface area contributed by atoms with E-state index in [0.717, 1.165) is 16.8 Å². The van der Waals surface area contributed by atoms with Crippen LogP contribution in [-0.4, -0.2) is 22.4 Å². The number of hydrogen-bond donors (Lipinski definition) is 2. The number of rotatable bonds is 4. The number of carbonyl (C=O) groups excluding carboxylic acids is 1. The fourth-order valence-corrected chi connectivity index (χ4v) is 2.05. The molecule has 6 nitrogen and oxygen atoms in total. The summed E-state index contributed by atoms with van der Waals surface area (Å²) in [6, 6.07) is 8.55. The summed E-state index contributed by atoms with van der Waals surface area (Å²) in [4.78, 5) is 23.2. The molecule has 0 spiro atoms. The zero-order valence-electron chi connectivity index (χ0n) is 12.1. The second-order valence-corrected chi connectivity index (χ2v) is 4.84. The Balaban J connectivity index is 1.85. The number of benzene rings is 1. The van der Waals surface area contributed by atoms with E-state index in [1.54, 1.807) is 6.07 Å². The Bertz CT molecular complexity index is 674. The van der Waals surface area contributed by atoms with Crippen molar-refractivity contribution in [3.8, 4) is 0 Å². The lowest BCUT2D eigenvalue weighted by Gasteiger charge is -2.09. The van der Waals surface area contributed by atoms with E-state index in [0.29, 0.717) is 13.1 Å². The molecule has 0 saturated heterocycles. The van der Waals surface area contributed by atoms with E-state index in [1.807, 2.05) is 32.0 Å². The highest BCUT2D eigenvalue weighted by Gasteiger charge is 2.03. The lowest BCUT2D eigenvalue weighted by Crippen LogP contribution is -2.34. The number of nitrogens with zero attached hydrogens (tertiary/aromatic N) is 2. The fraction of sp³-hybridized carbons (Fsp3) is 0.267. The third kappa shape index (κ3) is 4.45. The molecule has 21 heavy (non-hydrogen) atoms. The number of nitrogens with one attached hydrogen (secondary N) is 2. The first-order valence-corrected chi connectivity index (χ1v) is 6.70. The van der Waals surface area contributed by atoms with Crippen molar-refractivity contribution < 1.29 is 4.79 Å². The van der Waals surface area contributed by atoms with E-state index in [4.69, 9.17) is 0 Å². The Hall–Kier alpha value is -2.63. The summed E-state index contributed by atoms with van der Waals surface area (Å²) in [6.07, 6.45) is 1.54. The van der Waals surface area contributed by atoms with Gasteiger partial charge in [0.25, 0.3) is 5.56 Å². The molecule has 0 aliphatic rings. The zero-order valence-corrected chi connectivity index (χ0v) is 12.1. The maximum Gasteiger partial charge on any atom is 0.319 e. The molecule has 1 aromatic heterocycles. The molecule has 1 aromatic carbocycles. The van der Waals surface area contributed by atoms with Gasteiger partial charge < -0.3 is 10.6 Å². The largest absolute Gasteiger partial charge is 0.336 e. The minimum Gasteiger partial charge on any atom is -0.336 e. The number of anilines is 1. The first-order chi connectivity index (χ1) is 10.0. The smallest absolute Gasteiger partial charge is 0.319 e. The van der Waals surface area contributed by atoms with Crippen LogP contribution in [0.2, 0.25) is 0 Å². The topological polar surface area (TPSA) is 76.0 Å². The number of hydrogen-bond acceptors (Lipinski definition) is 3. The molecule has 0 radical (unpaired) electrons. The molecule has 0 unspecified atom stereocenters. The van der Waals surface area contributed by atoms with Crippen molar-refractivity contribution in [3.63, 3.8) is 0 Å². The Morgan fingerprint density at radius 2 is 1.95 bits per heavy atom. The van der Waals surface area contributed by atoms with Crippen molar-refractivity contribution in [3.05, 3.63) is 58.0 Å². The fourth-order valence-electron chi connectivity index (χ4n) is 2.05. The van der Waals surface area contributed by atoms with Crippen molar-refractivity contribution >= 4 is 11.7 Å². The van der Waals surface area contributed by atoms with Crippen LogP contribution in [0.4, 0.5) is 10.5 Å². The van der Waals surface area contributed by atoms with Gasteiger partial charge in [0.1, 0.15) is 0 Å². The molecule has 2 aromatic rings. The third-order valence-corrected chi connectivity index (χ3v) is 2.87. The van der Waals surface area contributed by atoms with Crippen molar-refractivity contribution in [1.29, 1.82) is 0 Å². The summed E-state index contributed by atoms with van der Waals surface area (Å²) in [5.74, 6) is 0. The van der Waals surface area contributed by atoms with E-state index in [-0.39, 0.29) is 11.6 Å². The summed E-state index contributed by atoms with van der Waals surface area (Å²) in [6.45, 7) is 4.61. The molecule has 0 atom stereocenters. The SMILES string of the molecule is Cc1cc(C)cc(NC(=O)NCCn2ncccc2=O)c1. The van der Waals surface area contributed by atoms with Crippen LogP contribution in [-0.2, 0) is 6.54 Å². The van der Waals surface area contributed by atoms with Crippen LogP contribution in [0, 0.1) is 13.8 Å². The minimum atomic E-state index is -0.302. The van der Waals surface area contributed by atoms with Gasteiger partial charge in [0.2, 0.25) is 0 Å². The standard InChI is InChI=1S/C15H18N4O2/c1-11-8-12(2)10-13(9-11)18-15(21)16-6-7-19-14(20)4-3-5-17-19/h3-5,8-10H,6-7H2,1-2H3,(H2,16,18,21). The van der Waals surface area contributed by atoms with Crippen LogP contribution in [0.25, 0.3) is 0 Å². The van der Waals surface area contributed by atoms with Gasteiger partial charge in [0.05, 0.1) is 6.54 Å². The summed E-state index contributed by atoms with van der Waals surface area (Å²) >= 11 is 0. The highest BCUT2D eigenvalue weighted by atomic mass is 16.2. The summed E-state index contributed by atoms with van der Waals surface area (Å²) in [7, 11) is 0. The van der Waals surface area contributed by atoms with Gasteiger partial charge in [0.15, 0.2) is 0 Å². The number of amides is 2. The van der Waals surface area contributed by atoms with Gasteiger partial charge in [-0.25, -0.2) is 9.48 Å². The zero-order chi connectivity index (χ0) is 15.2. The average molecular weight is 286 g/mol. The number of urea groups is 1. The van der Waals surface area contributed by atoms with Gasteiger partial charge in [-0.2, -0.15) is 5.10 Å². The molecular formula is C15H18N4O2. The average Bonchev–Trinajstić information content (AvgIpc) is 2.39. The normalized spacial score (nSPS) is 10.2. The highest BCUT2D eigenvalue weighted by molar-refractivity contribution is 5.89. The maximum absolute atomic E-state index is 11.8. The van der Waals surface area contributed by atoms with Gasteiger partial charge >= 0.3 is 6.03 Å². The van der Waals surface area contributed by atoms with Crippen LogP contribution >= 0.6 is 0 Å². The number of aromatic nitrogens is 2. The van der Waals surface area contributed by atoms with E-state index >= 15 is 0 Å². The van der Waals surface area contributed by atoms with Crippen molar-refractivity contribution in [2.45, 2.75) is 20.4 Å². The summed E-state index contributed by atoms with van der Waals surface area (Å²) in [5, 5.41) is 9.38. The second-order valence-electron chi connectivity index (χ2n) is 4.84. The Morgan fingerprint density at radius 1 is 1.24 bits per heavy atom. The molecule has 110 valence electrons. The molecule has 6 heteroatoms. The predicted molar refractivity (Wildman–Crippen MR) is 81.4 cm³/mol. The Labute approximate surface area is 122 Å². The van der Waals surface area contributed by atoms with E-state index in [2.05, 4.69) is 15.7 Å². The Morgan fingerprint density at radius 3 is 2.62 bits per heavy atom. The van der Waals surface area contributed by atoms with E-state index in [1.165, 1.54) is 16.9 Å².